The Morgan fingerprint density at radius 3 is 2.67 bits per heavy atom. The van der Waals surface area contributed by atoms with Gasteiger partial charge >= 0.3 is 0 Å². The molecule has 2 saturated carbocycles. The third kappa shape index (κ3) is 2.40. The van der Waals surface area contributed by atoms with Crippen LogP contribution in [0.25, 0.3) is 0 Å². The third-order valence-corrected chi connectivity index (χ3v) is 7.98. The van der Waals surface area contributed by atoms with Gasteiger partial charge in [-0.25, -0.2) is 0 Å². The topological polar surface area (TPSA) is 60.4 Å². The summed E-state index contributed by atoms with van der Waals surface area (Å²) in [5.74, 6) is 2.48. The largest absolute Gasteiger partial charge is 0.497 e. The van der Waals surface area contributed by atoms with E-state index >= 15 is 0 Å². The van der Waals surface area contributed by atoms with Crippen LogP contribution in [0, 0.1) is 11.8 Å². The van der Waals surface area contributed by atoms with Gasteiger partial charge in [-0.05, 0) is 44.2 Å². The summed E-state index contributed by atoms with van der Waals surface area (Å²) in [5, 5.41) is 11.7. The molecule has 6 unspecified atom stereocenters. The Morgan fingerprint density at radius 1 is 1.11 bits per heavy atom. The lowest BCUT2D eigenvalue weighted by atomic mass is 9.72. The number of aliphatic hydroxyl groups is 1. The molecule has 0 aromatic carbocycles. The van der Waals surface area contributed by atoms with E-state index in [0.29, 0.717) is 12.7 Å². The molecule has 0 aromatic heterocycles. The second kappa shape index (κ2) is 6.48. The smallest absolute Gasteiger partial charge is 0.147 e. The summed E-state index contributed by atoms with van der Waals surface area (Å²) in [6.45, 7) is 1.34. The molecule has 2 heterocycles. The molecule has 0 radical (unpaired) electrons. The highest BCUT2D eigenvalue weighted by Crippen LogP contribution is 2.58. The monoisotopic (exact) mass is 377 g/mol. The van der Waals surface area contributed by atoms with Crippen LogP contribution >= 0.6 is 0 Å². The maximum absolute atomic E-state index is 11.7. The quantitative estimate of drug-likeness (QED) is 0.745. The van der Waals surface area contributed by atoms with Gasteiger partial charge < -0.3 is 24.1 Å². The van der Waals surface area contributed by atoms with Crippen LogP contribution in [0.3, 0.4) is 0 Å². The molecule has 6 nitrogen and oxygen atoms in total. The number of likely N-dealkylation sites (N-methyl/N-ethyl adjacent to an activating group) is 1. The molecule has 1 N–H and O–H groups in total. The molecule has 0 bridgehead atoms. The Labute approximate surface area is 161 Å². The van der Waals surface area contributed by atoms with Gasteiger partial charge in [-0.15, -0.1) is 0 Å². The molecule has 2 aliphatic heterocycles. The number of hydrogen-bond acceptors (Lipinski definition) is 6. The van der Waals surface area contributed by atoms with Crippen LogP contribution in [-0.2, 0) is 18.9 Å². The molecule has 0 aromatic rings. The van der Waals surface area contributed by atoms with E-state index in [9.17, 15) is 5.11 Å². The molecular weight excluding hydrogens is 346 g/mol. The summed E-state index contributed by atoms with van der Waals surface area (Å²) in [4.78, 5) is 2.41. The van der Waals surface area contributed by atoms with Gasteiger partial charge in [-0.3, -0.25) is 4.90 Å². The van der Waals surface area contributed by atoms with Crippen molar-refractivity contribution in [1.29, 1.82) is 0 Å². The molecule has 3 aliphatic carbocycles. The molecule has 5 aliphatic rings. The average molecular weight is 377 g/mol. The van der Waals surface area contributed by atoms with E-state index in [2.05, 4.69) is 11.9 Å². The Hall–Kier alpha value is -1.08. The first-order valence-electron chi connectivity index (χ1n) is 10.2. The number of allylic oxidation sites excluding steroid dienone is 2. The van der Waals surface area contributed by atoms with Crippen molar-refractivity contribution in [2.24, 2.45) is 11.8 Å². The first-order chi connectivity index (χ1) is 13.1. The predicted molar refractivity (Wildman–Crippen MR) is 98.7 cm³/mol. The second-order valence-corrected chi connectivity index (χ2v) is 8.80. The van der Waals surface area contributed by atoms with E-state index in [1.165, 1.54) is 11.1 Å². The zero-order chi connectivity index (χ0) is 18.8. The summed E-state index contributed by atoms with van der Waals surface area (Å²) in [6.07, 6.45) is 5.48. The minimum Gasteiger partial charge on any atom is -0.497 e. The maximum Gasteiger partial charge on any atom is 0.147 e. The third-order valence-electron chi connectivity index (χ3n) is 7.98. The number of ether oxygens (including phenoxy) is 4. The highest BCUT2D eigenvalue weighted by molar-refractivity contribution is 5.42. The summed E-state index contributed by atoms with van der Waals surface area (Å²) >= 11 is 0. The van der Waals surface area contributed by atoms with Gasteiger partial charge in [0.25, 0.3) is 0 Å². The fourth-order valence-corrected chi connectivity index (χ4v) is 6.64. The van der Waals surface area contributed by atoms with Crippen LogP contribution in [0.1, 0.15) is 38.5 Å². The van der Waals surface area contributed by atoms with Crippen LogP contribution < -0.4 is 0 Å². The fourth-order valence-electron chi connectivity index (χ4n) is 6.64. The predicted octanol–water partition coefficient (Wildman–Crippen LogP) is 2.19. The molecule has 27 heavy (non-hydrogen) atoms. The van der Waals surface area contributed by atoms with Gasteiger partial charge in [0.15, 0.2) is 0 Å². The lowest BCUT2D eigenvalue weighted by Crippen LogP contribution is -2.59. The summed E-state index contributed by atoms with van der Waals surface area (Å²) in [6, 6.07) is 0. The number of rotatable bonds is 2. The summed E-state index contributed by atoms with van der Waals surface area (Å²) in [7, 11) is 5.62. The highest BCUT2D eigenvalue weighted by atomic mass is 16.7. The average Bonchev–Trinajstić information content (AvgIpc) is 3.27. The minimum atomic E-state index is -0.436. The standard InChI is InChI=1S/C21H31NO5/c1-22-7-6-12-8-16(24-2)17(25-3)9-14(12)21(22)10-13-4-5-15-19(27-11-26-15)18(13)20(21)23/h13,15,18-20,23H,4-11H2,1-3H3. The second-order valence-electron chi connectivity index (χ2n) is 8.80. The van der Waals surface area contributed by atoms with Crippen LogP contribution in [0.15, 0.2) is 22.7 Å². The maximum atomic E-state index is 11.7. The van der Waals surface area contributed by atoms with E-state index in [-0.39, 0.29) is 23.7 Å². The molecule has 5 rings (SSSR count). The van der Waals surface area contributed by atoms with Gasteiger partial charge in [0.05, 0.1) is 38.1 Å². The van der Waals surface area contributed by atoms with Gasteiger partial charge in [-0.2, -0.15) is 0 Å². The van der Waals surface area contributed by atoms with Gasteiger partial charge in [0.2, 0.25) is 0 Å². The Morgan fingerprint density at radius 2 is 1.89 bits per heavy atom. The van der Waals surface area contributed by atoms with Gasteiger partial charge in [0, 0.05) is 25.3 Å². The van der Waals surface area contributed by atoms with E-state index < -0.39 is 6.10 Å². The van der Waals surface area contributed by atoms with Crippen molar-refractivity contribution < 1.29 is 24.1 Å². The lowest BCUT2D eigenvalue weighted by Gasteiger charge is -2.50. The van der Waals surface area contributed by atoms with Crippen molar-refractivity contribution >= 4 is 0 Å². The van der Waals surface area contributed by atoms with Crippen molar-refractivity contribution in [1.82, 2.24) is 4.90 Å². The van der Waals surface area contributed by atoms with E-state index in [0.717, 1.165) is 56.6 Å². The first-order valence-corrected chi connectivity index (χ1v) is 10.2. The SMILES string of the molecule is COC1=C(OC)CC2=C(CCN(C)C23CC2CCC4OCOC4C2C3O)C1. The molecule has 6 atom stereocenters. The van der Waals surface area contributed by atoms with Crippen LogP contribution in [0.4, 0.5) is 0 Å². The Balaban J connectivity index is 1.54. The van der Waals surface area contributed by atoms with E-state index in [1.54, 1.807) is 14.2 Å². The number of nitrogens with zero attached hydrogens (tertiary/aromatic N) is 1. The zero-order valence-electron chi connectivity index (χ0n) is 16.6. The number of fused-ring (bicyclic) bond motifs is 4. The van der Waals surface area contributed by atoms with Crippen molar-refractivity contribution in [3.8, 4) is 0 Å². The first kappa shape index (κ1) is 18.0. The molecular formula is C21H31NO5. The van der Waals surface area contributed by atoms with Crippen LogP contribution in [0.2, 0.25) is 0 Å². The fraction of sp³-hybridized carbons (Fsp3) is 0.810. The highest BCUT2D eigenvalue weighted by Gasteiger charge is 2.63. The van der Waals surface area contributed by atoms with Crippen molar-refractivity contribution in [2.45, 2.75) is 62.4 Å². The van der Waals surface area contributed by atoms with E-state index in [4.69, 9.17) is 18.9 Å². The van der Waals surface area contributed by atoms with Crippen molar-refractivity contribution in [2.75, 3.05) is 34.6 Å². The number of hydrogen-bond donors (Lipinski definition) is 1. The summed E-state index contributed by atoms with van der Waals surface area (Å²) in [5.41, 5.74) is 2.49. The number of methoxy groups -OCH3 is 2. The minimum absolute atomic E-state index is 0.0352. The Bertz CT molecular complexity index is 688. The normalized spacial score (nSPS) is 44.4. The van der Waals surface area contributed by atoms with Crippen molar-refractivity contribution in [3.05, 3.63) is 22.7 Å². The molecule has 3 fully saturated rings. The molecule has 150 valence electrons. The van der Waals surface area contributed by atoms with Gasteiger partial charge in [0.1, 0.15) is 18.3 Å². The van der Waals surface area contributed by atoms with Gasteiger partial charge in [-0.1, -0.05) is 5.57 Å². The van der Waals surface area contributed by atoms with E-state index in [1.807, 2.05) is 0 Å². The summed E-state index contributed by atoms with van der Waals surface area (Å²) < 4.78 is 23.0. The van der Waals surface area contributed by atoms with Crippen LogP contribution in [0.5, 0.6) is 0 Å². The van der Waals surface area contributed by atoms with Crippen molar-refractivity contribution in [3.63, 3.8) is 0 Å². The molecule has 1 spiro atoms. The molecule has 6 heteroatoms. The molecule has 0 amide bonds. The lowest BCUT2D eigenvalue weighted by molar-refractivity contribution is -0.0591. The Kier molecular flexibility index (Phi) is 4.31. The van der Waals surface area contributed by atoms with Crippen LogP contribution in [-0.4, -0.2) is 68.5 Å². The number of aliphatic hydroxyl groups excluding tert-OH is 1. The molecule has 1 saturated heterocycles. The zero-order valence-corrected chi connectivity index (χ0v) is 16.6.